The predicted molar refractivity (Wildman–Crippen MR) is 50.4 cm³/mol. The minimum atomic E-state index is 0.572. The second kappa shape index (κ2) is 6.24. The molecule has 0 radical (unpaired) electrons. The van der Waals surface area contributed by atoms with Crippen molar-refractivity contribution in [2.75, 3.05) is 7.05 Å². The van der Waals surface area contributed by atoms with Gasteiger partial charge in [-0.15, -0.1) is 11.8 Å². The molecule has 0 aromatic heterocycles. The zero-order valence-electron chi connectivity index (χ0n) is 8.07. The normalized spacial score (nSPS) is 12.5. The third-order valence-electron chi connectivity index (χ3n) is 1.69. The number of hydrogen-bond acceptors (Lipinski definition) is 1. The van der Waals surface area contributed by atoms with Crippen LogP contribution in [0.4, 0.5) is 0 Å². The summed E-state index contributed by atoms with van der Waals surface area (Å²) in [4.78, 5) is 0. The van der Waals surface area contributed by atoms with Crippen LogP contribution in [0, 0.1) is 17.8 Å². The Labute approximate surface area is 70.6 Å². The molecule has 0 heterocycles. The minimum Gasteiger partial charge on any atom is -0.316 e. The Hall–Kier alpha value is -0.480. The third-order valence-corrected chi connectivity index (χ3v) is 1.69. The lowest BCUT2D eigenvalue weighted by atomic mass is 10.0. The average Bonchev–Trinajstić information content (AvgIpc) is 1.97. The zero-order chi connectivity index (χ0) is 8.69. The van der Waals surface area contributed by atoms with Gasteiger partial charge in [0.15, 0.2) is 0 Å². The van der Waals surface area contributed by atoms with Gasteiger partial charge in [-0.05, 0) is 26.3 Å². The van der Waals surface area contributed by atoms with Gasteiger partial charge < -0.3 is 5.32 Å². The van der Waals surface area contributed by atoms with Gasteiger partial charge >= 0.3 is 0 Å². The fraction of sp³-hybridized carbons (Fsp3) is 0.800. The molecule has 0 bridgehead atoms. The molecular formula is C10H19N. The van der Waals surface area contributed by atoms with Crippen LogP contribution in [0.3, 0.4) is 0 Å². The standard InChI is InChI=1S/C10H19N/c1-5-6-7-10(11-4)8-9(2)3/h9-11H,7-8H2,1-4H3. The summed E-state index contributed by atoms with van der Waals surface area (Å²) in [5.41, 5.74) is 0. The highest BCUT2D eigenvalue weighted by Crippen LogP contribution is 2.06. The van der Waals surface area contributed by atoms with Gasteiger partial charge in [-0.1, -0.05) is 13.8 Å². The van der Waals surface area contributed by atoms with Gasteiger partial charge in [0.1, 0.15) is 0 Å². The van der Waals surface area contributed by atoms with Gasteiger partial charge in [0, 0.05) is 12.5 Å². The van der Waals surface area contributed by atoms with E-state index >= 15 is 0 Å². The molecule has 0 aliphatic rings. The van der Waals surface area contributed by atoms with E-state index in [1.165, 1.54) is 6.42 Å². The van der Waals surface area contributed by atoms with E-state index in [1.807, 2.05) is 14.0 Å². The van der Waals surface area contributed by atoms with Crippen LogP contribution in [0.2, 0.25) is 0 Å². The molecule has 0 aliphatic heterocycles. The molecular weight excluding hydrogens is 134 g/mol. The summed E-state index contributed by atoms with van der Waals surface area (Å²) in [7, 11) is 2.00. The Balaban J connectivity index is 3.63. The number of rotatable bonds is 4. The maximum Gasteiger partial charge on any atom is 0.0243 e. The summed E-state index contributed by atoms with van der Waals surface area (Å²) >= 11 is 0. The molecule has 1 nitrogen and oxygen atoms in total. The maximum absolute atomic E-state index is 3.27. The number of hydrogen-bond donors (Lipinski definition) is 1. The highest BCUT2D eigenvalue weighted by molar-refractivity contribution is 4.97. The van der Waals surface area contributed by atoms with E-state index in [9.17, 15) is 0 Å². The van der Waals surface area contributed by atoms with Gasteiger partial charge in [0.2, 0.25) is 0 Å². The van der Waals surface area contributed by atoms with E-state index in [2.05, 4.69) is 31.0 Å². The third kappa shape index (κ3) is 5.94. The van der Waals surface area contributed by atoms with E-state index in [4.69, 9.17) is 0 Å². The fourth-order valence-corrected chi connectivity index (χ4v) is 1.10. The van der Waals surface area contributed by atoms with Crippen LogP contribution in [0.15, 0.2) is 0 Å². The molecule has 64 valence electrons. The van der Waals surface area contributed by atoms with Crippen LogP contribution < -0.4 is 5.32 Å². The first-order valence-electron chi connectivity index (χ1n) is 4.27. The van der Waals surface area contributed by atoms with Crippen LogP contribution in [0.5, 0.6) is 0 Å². The topological polar surface area (TPSA) is 12.0 Å². The SMILES string of the molecule is CC#CCC(CC(C)C)NC. The molecule has 1 heteroatoms. The van der Waals surface area contributed by atoms with Crippen molar-refractivity contribution in [3.05, 3.63) is 0 Å². The Morgan fingerprint density at radius 3 is 2.36 bits per heavy atom. The van der Waals surface area contributed by atoms with Gasteiger partial charge in [-0.3, -0.25) is 0 Å². The van der Waals surface area contributed by atoms with Crippen LogP contribution in [0.25, 0.3) is 0 Å². The van der Waals surface area contributed by atoms with Crippen molar-refractivity contribution in [2.45, 2.75) is 39.7 Å². The Morgan fingerprint density at radius 1 is 1.36 bits per heavy atom. The lowest BCUT2D eigenvalue weighted by molar-refractivity contribution is 0.449. The molecule has 0 saturated heterocycles. The predicted octanol–water partition coefficient (Wildman–Crippen LogP) is 2.03. The molecule has 0 fully saturated rings. The lowest BCUT2D eigenvalue weighted by Gasteiger charge is -2.14. The molecule has 1 N–H and O–H groups in total. The van der Waals surface area contributed by atoms with E-state index in [1.54, 1.807) is 0 Å². The Kier molecular flexibility index (Phi) is 5.97. The van der Waals surface area contributed by atoms with Crippen LogP contribution in [-0.2, 0) is 0 Å². The molecule has 11 heavy (non-hydrogen) atoms. The smallest absolute Gasteiger partial charge is 0.0243 e. The van der Waals surface area contributed by atoms with Gasteiger partial charge in [-0.25, -0.2) is 0 Å². The molecule has 1 atom stereocenters. The first kappa shape index (κ1) is 10.5. The highest BCUT2D eigenvalue weighted by Gasteiger charge is 2.05. The van der Waals surface area contributed by atoms with Gasteiger partial charge in [-0.2, -0.15) is 0 Å². The second-order valence-corrected chi connectivity index (χ2v) is 3.25. The monoisotopic (exact) mass is 153 g/mol. The Morgan fingerprint density at radius 2 is 2.00 bits per heavy atom. The average molecular weight is 153 g/mol. The highest BCUT2D eigenvalue weighted by atomic mass is 14.9. The molecule has 0 aromatic carbocycles. The molecule has 0 saturated carbocycles. The van der Waals surface area contributed by atoms with Crippen molar-refractivity contribution < 1.29 is 0 Å². The maximum atomic E-state index is 3.27. The van der Waals surface area contributed by atoms with Crippen LogP contribution in [-0.4, -0.2) is 13.1 Å². The zero-order valence-corrected chi connectivity index (χ0v) is 8.07. The summed E-state index contributed by atoms with van der Waals surface area (Å²) in [5.74, 6) is 6.76. The number of nitrogens with one attached hydrogen (secondary N) is 1. The quantitative estimate of drug-likeness (QED) is 0.609. The summed E-state index contributed by atoms with van der Waals surface area (Å²) in [6.07, 6.45) is 2.19. The fourth-order valence-electron chi connectivity index (χ4n) is 1.10. The van der Waals surface area contributed by atoms with E-state index < -0.39 is 0 Å². The van der Waals surface area contributed by atoms with Crippen molar-refractivity contribution >= 4 is 0 Å². The summed E-state index contributed by atoms with van der Waals surface area (Å²) in [6, 6.07) is 0.572. The van der Waals surface area contributed by atoms with Crippen LogP contribution in [0.1, 0.15) is 33.6 Å². The summed E-state index contributed by atoms with van der Waals surface area (Å²) in [6.45, 7) is 6.37. The first-order valence-corrected chi connectivity index (χ1v) is 4.27. The summed E-state index contributed by atoms with van der Waals surface area (Å²) < 4.78 is 0. The van der Waals surface area contributed by atoms with Crippen molar-refractivity contribution in [1.82, 2.24) is 5.32 Å². The molecule has 1 unspecified atom stereocenters. The first-order chi connectivity index (χ1) is 5.20. The molecule has 0 rings (SSSR count). The molecule has 0 aromatic rings. The van der Waals surface area contributed by atoms with Crippen molar-refractivity contribution in [3.63, 3.8) is 0 Å². The molecule has 0 amide bonds. The van der Waals surface area contributed by atoms with Crippen molar-refractivity contribution in [2.24, 2.45) is 5.92 Å². The Bertz CT molecular complexity index is 139. The minimum absolute atomic E-state index is 0.572. The second-order valence-electron chi connectivity index (χ2n) is 3.25. The largest absolute Gasteiger partial charge is 0.316 e. The molecule has 0 spiro atoms. The van der Waals surface area contributed by atoms with Crippen LogP contribution >= 0.6 is 0 Å². The van der Waals surface area contributed by atoms with Crippen molar-refractivity contribution in [3.8, 4) is 11.8 Å². The lowest BCUT2D eigenvalue weighted by Crippen LogP contribution is -2.26. The molecule has 0 aliphatic carbocycles. The van der Waals surface area contributed by atoms with Crippen molar-refractivity contribution in [1.29, 1.82) is 0 Å². The summed E-state index contributed by atoms with van der Waals surface area (Å²) in [5, 5.41) is 3.27. The van der Waals surface area contributed by atoms with Gasteiger partial charge in [0.25, 0.3) is 0 Å². The van der Waals surface area contributed by atoms with E-state index in [0.29, 0.717) is 6.04 Å². The van der Waals surface area contributed by atoms with Gasteiger partial charge in [0.05, 0.1) is 0 Å². The van der Waals surface area contributed by atoms with E-state index in [0.717, 1.165) is 12.3 Å². The van der Waals surface area contributed by atoms with E-state index in [-0.39, 0.29) is 0 Å².